The number of nitrogens with zero attached hydrogens (tertiary/aromatic N) is 1. The molecular formula is C32H32ClNO5. The van der Waals surface area contributed by atoms with Gasteiger partial charge in [0.2, 0.25) is 5.76 Å². The van der Waals surface area contributed by atoms with Gasteiger partial charge in [0.05, 0.1) is 30.7 Å². The minimum absolute atomic E-state index is 0.0609. The first-order chi connectivity index (χ1) is 18.7. The first-order valence-corrected chi connectivity index (χ1v) is 13.5. The predicted octanol–water partition coefficient (Wildman–Crippen LogP) is 7.24. The minimum Gasteiger partial charge on any atom is -0.493 e. The number of aryl methyl sites for hydroxylation is 2. The molecule has 2 heterocycles. The molecular weight excluding hydrogens is 514 g/mol. The van der Waals surface area contributed by atoms with E-state index in [1.165, 1.54) is 0 Å². The SMILES string of the molecule is COc1cc(C2c3c(oc4cc(C)cc(C)c4c3=O)C(=O)N2Cc2ccccc2Cl)ccc1OCCC(C)C. The molecule has 0 fully saturated rings. The molecule has 0 bridgehead atoms. The van der Waals surface area contributed by atoms with Crippen LogP contribution in [0.5, 0.6) is 11.5 Å². The molecule has 1 aromatic heterocycles. The van der Waals surface area contributed by atoms with E-state index in [-0.39, 0.29) is 23.6 Å². The second-order valence-corrected chi connectivity index (χ2v) is 10.9. The molecule has 39 heavy (non-hydrogen) atoms. The summed E-state index contributed by atoms with van der Waals surface area (Å²) in [6.07, 6.45) is 0.911. The van der Waals surface area contributed by atoms with Crippen LogP contribution >= 0.6 is 11.6 Å². The van der Waals surface area contributed by atoms with E-state index in [0.29, 0.717) is 45.6 Å². The number of methoxy groups -OCH3 is 1. The summed E-state index contributed by atoms with van der Waals surface area (Å²) in [4.78, 5) is 29.6. The Labute approximate surface area is 233 Å². The second kappa shape index (κ2) is 10.8. The summed E-state index contributed by atoms with van der Waals surface area (Å²) in [7, 11) is 1.58. The van der Waals surface area contributed by atoms with Gasteiger partial charge in [0.1, 0.15) is 5.58 Å². The zero-order valence-electron chi connectivity index (χ0n) is 22.8. The van der Waals surface area contributed by atoms with Crippen LogP contribution in [0.3, 0.4) is 0 Å². The van der Waals surface area contributed by atoms with Gasteiger partial charge in [0.15, 0.2) is 16.9 Å². The summed E-state index contributed by atoms with van der Waals surface area (Å²) >= 11 is 6.49. The van der Waals surface area contributed by atoms with Gasteiger partial charge in [-0.3, -0.25) is 9.59 Å². The number of ether oxygens (including phenoxy) is 2. The van der Waals surface area contributed by atoms with Crippen molar-refractivity contribution in [2.75, 3.05) is 13.7 Å². The highest BCUT2D eigenvalue weighted by atomic mass is 35.5. The van der Waals surface area contributed by atoms with Crippen LogP contribution in [0.15, 0.2) is 63.8 Å². The van der Waals surface area contributed by atoms with Crippen LogP contribution in [0.4, 0.5) is 0 Å². The lowest BCUT2D eigenvalue weighted by Gasteiger charge is -2.26. The second-order valence-electron chi connectivity index (χ2n) is 10.5. The number of hydrogen-bond acceptors (Lipinski definition) is 5. The van der Waals surface area contributed by atoms with Crippen LogP contribution in [0.2, 0.25) is 5.02 Å². The first-order valence-electron chi connectivity index (χ1n) is 13.1. The Hall–Kier alpha value is -3.77. The van der Waals surface area contributed by atoms with Gasteiger partial charge in [0, 0.05) is 11.6 Å². The molecule has 0 saturated heterocycles. The smallest absolute Gasteiger partial charge is 0.291 e. The largest absolute Gasteiger partial charge is 0.493 e. The zero-order valence-corrected chi connectivity index (χ0v) is 23.6. The average molecular weight is 546 g/mol. The van der Waals surface area contributed by atoms with Crippen LogP contribution in [0, 0.1) is 19.8 Å². The summed E-state index contributed by atoms with van der Waals surface area (Å²) in [5.74, 6) is 1.36. The third-order valence-corrected chi connectivity index (χ3v) is 7.54. The number of rotatable bonds is 8. The van der Waals surface area contributed by atoms with E-state index >= 15 is 0 Å². The fourth-order valence-electron chi connectivity index (χ4n) is 5.21. The van der Waals surface area contributed by atoms with Crippen molar-refractivity contribution in [3.63, 3.8) is 0 Å². The lowest BCUT2D eigenvalue weighted by Crippen LogP contribution is -2.29. The Morgan fingerprint density at radius 2 is 1.79 bits per heavy atom. The maximum Gasteiger partial charge on any atom is 0.291 e. The molecule has 5 rings (SSSR count). The Kier molecular flexibility index (Phi) is 7.41. The standard InChI is InChI=1S/C32H32ClNO5/c1-18(2)12-13-38-24-11-10-21(16-25(24)37-5)29-28-30(35)27-20(4)14-19(3)15-26(27)39-31(28)32(36)34(29)17-22-8-6-7-9-23(22)33/h6-11,14-16,18,29H,12-13,17H2,1-5H3. The number of halogens is 1. The molecule has 1 amide bonds. The molecule has 4 aromatic rings. The Balaban J connectivity index is 1.67. The molecule has 7 heteroatoms. The van der Waals surface area contributed by atoms with Crippen LogP contribution in [-0.4, -0.2) is 24.5 Å². The first kappa shape index (κ1) is 26.8. The molecule has 1 aliphatic rings. The van der Waals surface area contributed by atoms with Gasteiger partial charge >= 0.3 is 0 Å². The Morgan fingerprint density at radius 1 is 1.03 bits per heavy atom. The van der Waals surface area contributed by atoms with Crippen molar-refractivity contribution in [3.8, 4) is 11.5 Å². The number of carbonyl (C=O) groups is 1. The normalized spacial score (nSPS) is 14.8. The summed E-state index contributed by atoms with van der Waals surface area (Å²) in [6.45, 7) is 8.87. The van der Waals surface area contributed by atoms with Crippen molar-refractivity contribution in [1.29, 1.82) is 0 Å². The zero-order chi connectivity index (χ0) is 27.8. The van der Waals surface area contributed by atoms with E-state index in [4.69, 9.17) is 25.5 Å². The van der Waals surface area contributed by atoms with Crippen molar-refractivity contribution >= 4 is 28.5 Å². The highest BCUT2D eigenvalue weighted by molar-refractivity contribution is 6.31. The quantitative estimate of drug-likeness (QED) is 0.233. The Bertz CT molecular complexity index is 1620. The third kappa shape index (κ3) is 5.01. The molecule has 1 aliphatic heterocycles. The lowest BCUT2D eigenvalue weighted by molar-refractivity contribution is 0.0714. The van der Waals surface area contributed by atoms with Crippen LogP contribution in [0.25, 0.3) is 11.0 Å². The minimum atomic E-state index is -0.691. The number of carbonyl (C=O) groups excluding carboxylic acids is 1. The topological polar surface area (TPSA) is 69.0 Å². The van der Waals surface area contributed by atoms with E-state index < -0.39 is 6.04 Å². The number of hydrogen-bond donors (Lipinski definition) is 0. The molecule has 6 nitrogen and oxygen atoms in total. The summed E-state index contributed by atoms with van der Waals surface area (Å²) in [6, 6.07) is 16.0. The third-order valence-electron chi connectivity index (χ3n) is 7.17. The van der Waals surface area contributed by atoms with Crippen molar-refractivity contribution in [2.24, 2.45) is 5.92 Å². The summed E-state index contributed by atoms with van der Waals surface area (Å²) < 4.78 is 17.8. The average Bonchev–Trinajstić information content (AvgIpc) is 3.16. The fraction of sp³-hybridized carbons (Fsp3) is 0.312. The van der Waals surface area contributed by atoms with Gasteiger partial charge < -0.3 is 18.8 Å². The predicted molar refractivity (Wildman–Crippen MR) is 153 cm³/mol. The lowest BCUT2D eigenvalue weighted by atomic mass is 9.96. The molecule has 202 valence electrons. The van der Waals surface area contributed by atoms with Crippen molar-refractivity contribution in [1.82, 2.24) is 4.90 Å². The van der Waals surface area contributed by atoms with Gasteiger partial charge in [-0.25, -0.2) is 0 Å². The van der Waals surface area contributed by atoms with E-state index in [1.807, 2.05) is 56.3 Å². The molecule has 3 aromatic carbocycles. The van der Waals surface area contributed by atoms with E-state index in [0.717, 1.165) is 28.7 Å². The molecule has 1 atom stereocenters. The van der Waals surface area contributed by atoms with Gasteiger partial charge in [-0.1, -0.05) is 55.8 Å². The molecule has 0 radical (unpaired) electrons. The maximum atomic E-state index is 14.1. The molecule has 1 unspecified atom stereocenters. The summed E-state index contributed by atoms with van der Waals surface area (Å²) in [5.41, 5.74) is 3.78. The molecule has 0 spiro atoms. The number of fused-ring (bicyclic) bond motifs is 2. The number of benzene rings is 3. The van der Waals surface area contributed by atoms with Gasteiger partial charge in [-0.15, -0.1) is 0 Å². The van der Waals surface area contributed by atoms with Gasteiger partial charge in [0.25, 0.3) is 5.91 Å². The summed E-state index contributed by atoms with van der Waals surface area (Å²) in [5, 5.41) is 1.03. The highest BCUT2D eigenvalue weighted by Gasteiger charge is 2.43. The van der Waals surface area contributed by atoms with Gasteiger partial charge in [-0.05, 0) is 72.7 Å². The van der Waals surface area contributed by atoms with Crippen molar-refractivity contribution < 1.29 is 18.7 Å². The van der Waals surface area contributed by atoms with Crippen molar-refractivity contribution in [2.45, 2.75) is 46.7 Å². The monoisotopic (exact) mass is 545 g/mol. The van der Waals surface area contributed by atoms with Crippen LogP contribution in [-0.2, 0) is 6.54 Å². The molecule has 0 aliphatic carbocycles. The highest BCUT2D eigenvalue weighted by Crippen LogP contribution is 2.42. The van der Waals surface area contributed by atoms with E-state index in [9.17, 15) is 9.59 Å². The van der Waals surface area contributed by atoms with Gasteiger partial charge in [-0.2, -0.15) is 0 Å². The van der Waals surface area contributed by atoms with Crippen molar-refractivity contribution in [3.05, 3.63) is 103 Å². The molecule has 0 saturated carbocycles. The van der Waals surface area contributed by atoms with Crippen LogP contribution in [0.1, 0.15) is 64.7 Å². The number of amides is 1. The molecule has 0 N–H and O–H groups in total. The Morgan fingerprint density at radius 3 is 2.51 bits per heavy atom. The van der Waals surface area contributed by atoms with E-state index in [2.05, 4.69) is 13.8 Å². The van der Waals surface area contributed by atoms with E-state index in [1.54, 1.807) is 24.1 Å². The van der Waals surface area contributed by atoms with Crippen LogP contribution < -0.4 is 14.9 Å². The maximum absolute atomic E-state index is 14.1. The fourth-order valence-corrected chi connectivity index (χ4v) is 5.41.